The van der Waals surface area contributed by atoms with Crippen LogP contribution >= 0.6 is 14.3 Å². The summed E-state index contributed by atoms with van der Waals surface area (Å²) >= 11 is 0. The van der Waals surface area contributed by atoms with Gasteiger partial charge in [0.2, 0.25) is 0 Å². The van der Waals surface area contributed by atoms with Crippen molar-refractivity contribution in [3.05, 3.63) is 356 Å². The van der Waals surface area contributed by atoms with Crippen LogP contribution in [0.3, 0.4) is 0 Å². The first-order chi connectivity index (χ1) is 41.9. The smallest absolute Gasteiger partial charge is 0.171 e. The van der Waals surface area contributed by atoms with Crippen LogP contribution < -0.4 is 41.5 Å². The van der Waals surface area contributed by atoms with E-state index in [9.17, 15) is 0 Å². The Hall–Kier alpha value is -10.1. The Kier molecular flexibility index (Phi) is 13.0. The van der Waals surface area contributed by atoms with E-state index in [2.05, 4.69) is 193 Å². The molecule has 1 spiro atoms. The molecule has 0 fully saturated rings. The van der Waals surface area contributed by atoms with Gasteiger partial charge in [0.25, 0.3) is 0 Å². The maximum Gasteiger partial charge on any atom is 0.171 e. The second kappa shape index (κ2) is 21.3. The fourth-order valence-electron chi connectivity index (χ4n) is 13.2. The Morgan fingerprint density at radius 2 is 0.565 bits per heavy atom. The highest BCUT2D eigenvalue weighted by atomic mass is 31.2. The number of fused-ring (bicyclic) bond motifs is 8. The molecule has 404 valence electrons. The SMILES string of the molecule is O=P(c1ccccc1)(c1ccccc1)c1ccc2c(c1)C1(c3cc(P(=O)(c4ccccc4)c4ccccc4)ccc3O2)c2cc(-c3ccccc3-c3ccccc3)ccc2N(c2ccccc2)c2ccc(-c3ccccc3-c3ccccc3)cc21. The molecule has 0 saturated heterocycles. The van der Waals surface area contributed by atoms with Crippen molar-refractivity contribution in [2.24, 2.45) is 0 Å². The Balaban J connectivity index is 1.13. The molecule has 0 atom stereocenters. The van der Waals surface area contributed by atoms with Crippen LogP contribution in [0.25, 0.3) is 44.5 Å². The van der Waals surface area contributed by atoms with Crippen LogP contribution in [-0.4, -0.2) is 0 Å². The predicted molar refractivity (Wildman–Crippen MR) is 354 cm³/mol. The van der Waals surface area contributed by atoms with Crippen molar-refractivity contribution in [1.29, 1.82) is 0 Å². The number of rotatable bonds is 11. The van der Waals surface area contributed by atoms with Crippen LogP contribution in [0.4, 0.5) is 17.1 Å². The van der Waals surface area contributed by atoms with E-state index in [1.165, 1.54) is 0 Å². The van der Waals surface area contributed by atoms with E-state index in [4.69, 9.17) is 4.74 Å². The molecule has 0 aromatic heterocycles. The molecular formula is C79H55NO3P2. The van der Waals surface area contributed by atoms with Crippen molar-refractivity contribution < 1.29 is 13.9 Å². The van der Waals surface area contributed by atoms with E-state index < -0.39 is 19.7 Å². The Bertz CT molecular complexity index is 4360. The third-order valence-corrected chi connectivity index (χ3v) is 23.2. The minimum absolute atomic E-state index is 0.626. The summed E-state index contributed by atoms with van der Waals surface area (Å²) in [5.74, 6) is 1.25. The summed E-state index contributed by atoms with van der Waals surface area (Å²) in [4.78, 5) is 2.40. The Labute approximate surface area is 496 Å². The third kappa shape index (κ3) is 8.51. The van der Waals surface area contributed by atoms with Gasteiger partial charge in [0, 0.05) is 48.6 Å². The van der Waals surface area contributed by atoms with Gasteiger partial charge in [-0.15, -0.1) is 0 Å². The standard InChI is InChI=1S/C79H55NO3P2/c81-84(61-32-14-4-15-33-61,62-34-16-5-17-35-62)65-46-50-77-73(54-65)79(74-55-66(47-51-78(74)83-77)85(82,63-36-18-6-19-37-63)64-38-20-7-21-39-64)71-52-58(69-42-24-22-40-67(69)56-26-8-1-9-27-56)44-48-75(71)80(60-30-12-3-13-31-60)76-49-45-59(53-72(76)79)70-43-25-23-41-68(70)57-28-10-2-11-29-57/h1-55H. The number of nitrogens with zero attached hydrogens (tertiary/aromatic N) is 1. The van der Waals surface area contributed by atoms with Gasteiger partial charge in [-0.25, -0.2) is 0 Å². The molecule has 0 N–H and O–H groups in total. The summed E-state index contributed by atoms with van der Waals surface area (Å²) in [6.07, 6.45) is 0. The zero-order chi connectivity index (χ0) is 57.0. The minimum atomic E-state index is -3.63. The van der Waals surface area contributed by atoms with Crippen molar-refractivity contribution in [3.63, 3.8) is 0 Å². The Morgan fingerprint density at radius 1 is 0.259 bits per heavy atom. The molecule has 0 radical (unpaired) electrons. The fourth-order valence-corrected chi connectivity index (χ4v) is 18.6. The lowest BCUT2D eigenvalue weighted by atomic mass is 9.60. The molecule has 0 unspecified atom stereocenters. The summed E-state index contributed by atoms with van der Waals surface area (Å²) in [5.41, 5.74) is 13.8. The Morgan fingerprint density at radius 3 is 0.918 bits per heavy atom. The first kappa shape index (κ1) is 51.8. The van der Waals surface area contributed by atoms with E-state index in [0.717, 1.165) is 105 Å². The van der Waals surface area contributed by atoms with Crippen molar-refractivity contribution in [2.45, 2.75) is 5.41 Å². The lowest BCUT2D eigenvalue weighted by molar-refractivity contribution is 0.434. The monoisotopic (exact) mass is 1130 g/mol. The van der Waals surface area contributed by atoms with Gasteiger partial charge in [-0.05, 0) is 128 Å². The highest BCUT2D eigenvalue weighted by Crippen LogP contribution is 2.65. The number of para-hydroxylation sites is 1. The van der Waals surface area contributed by atoms with Gasteiger partial charge < -0.3 is 18.8 Å². The van der Waals surface area contributed by atoms with Crippen molar-refractivity contribution in [2.75, 3.05) is 4.90 Å². The fraction of sp³-hybridized carbons (Fsp3) is 0.0127. The van der Waals surface area contributed by atoms with Crippen LogP contribution in [0.5, 0.6) is 11.5 Å². The summed E-state index contributed by atoms with van der Waals surface area (Å²) < 4.78 is 41.4. The highest BCUT2D eigenvalue weighted by Gasteiger charge is 2.53. The molecule has 15 rings (SSSR count). The van der Waals surface area contributed by atoms with E-state index in [1.807, 2.05) is 146 Å². The van der Waals surface area contributed by atoms with Gasteiger partial charge in [-0.1, -0.05) is 261 Å². The van der Waals surface area contributed by atoms with E-state index in [1.54, 1.807) is 0 Å². The van der Waals surface area contributed by atoms with E-state index >= 15 is 9.13 Å². The largest absolute Gasteiger partial charge is 0.457 e. The lowest BCUT2D eigenvalue weighted by Gasteiger charge is -2.49. The summed E-state index contributed by atoms with van der Waals surface area (Å²) in [6.45, 7) is 0. The first-order valence-corrected chi connectivity index (χ1v) is 32.2. The second-order valence-corrected chi connectivity index (χ2v) is 27.3. The number of hydrogen-bond acceptors (Lipinski definition) is 4. The van der Waals surface area contributed by atoms with Gasteiger partial charge >= 0.3 is 0 Å². The molecule has 6 heteroatoms. The average molecular weight is 1130 g/mol. The highest BCUT2D eigenvalue weighted by molar-refractivity contribution is 7.85. The maximum atomic E-state index is 17.0. The average Bonchev–Trinajstić information content (AvgIpc) is 0.722. The first-order valence-electron chi connectivity index (χ1n) is 28.8. The van der Waals surface area contributed by atoms with Crippen LogP contribution in [0.1, 0.15) is 22.3 Å². The quantitative estimate of drug-likeness (QED) is 0.121. The maximum absolute atomic E-state index is 17.0. The molecular weight excluding hydrogens is 1070 g/mol. The topological polar surface area (TPSA) is 46.6 Å². The molecule has 0 saturated carbocycles. The van der Waals surface area contributed by atoms with Crippen LogP contribution in [0.2, 0.25) is 0 Å². The summed E-state index contributed by atoms with van der Waals surface area (Å²) in [7, 11) is -7.25. The lowest BCUT2D eigenvalue weighted by Crippen LogP contribution is -2.41. The van der Waals surface area contributed by atoms with Crippen LogP contribution in [0, 0.1) is 0 Å². The number of hydrogen-bond donors (Lipinski definition) is 0. The second-order valence-electron chi connectivity index (χ2n) is 21.7. The molecule has 0 aliphatic carbocycles. The number of anilines is 3. The zero-order valence-corrected chi connectivity index (χ0v) is 48.1. The normalized spacial score (nSPS) is 13.0. The third-order valence-electron chi connectivity index (χ3n) is 17.1. The van der Waals surface area contributed by atoms with Crippen LogP contribution in [-0.2, 0) is 14.5 Å². The molecule has 0 amide bonds. The van der Waals surface area contributed by atoms with Crippen LogP contribution in [0.15, 0.2) is 334 Å². The van der Waals surface area contributed by atoms with E-state index in [0.29, 0.717) is 22.1 Å². The van der Waals surface area contributed by atoms with Crippen molar-refractivity contribution >= 4 is 63.2 Å². The van der Waals surface area contributed by atoms with Gasteiger partial charge in [0.05, 0.1) is 16.8 Å². The van der Waals surface area contributed by atoms with Gasteiger partial charge in [0.1, 0.15) is 11.5 Å². The molecule has 0 bridgehead atoms. The predicted octanol–water partition coefficient (Wildman–Crippen LogP) is 17.9. The van der Waals surface area contributed by atoms with Gasteiger partial charge in [-0.2, -0.15) is 0 Å². The van der Waals surface area contributed by atoms with Gasteiger partial charge in [-0.3, -0.25) is 0 Å². The molecule has 85 heavy (non-hydrogen) atoms. The molecule has 13 aromatic rings. The molecule has 13 aromatic carbocycles. The van der Waals surface area contributed by atoms with Gasteiger partial charge in [0.15, 0.2) is 14.3 Å². The number of ether oxygens (including phenoxy) is 1. The summed E-state index contributed by atoms with van der Waals surface area (Å²) in [6, 6.07) is 115. The van der Waals surface area contributed by atoms with Crippen molar-refractivity contribution in [1.82, 2.24) is 0 Å². The minimum Gasteiger partial charge on any atom is -0.457 e. The molecule has 2 heterocycles. The molecule has 4 nitrogen and oxygen atoms in total. The summed E-state index contributed by atoms with van der Waals surface area (Å²) in [5, 5.41) is 4.22. The zero-order valence-electron chi connectivity index (χ0n) is 46.3. The molecule has 2 aliphatic heterocycles. The van der Waals surface area contributed by atoms with Crippen molar-refractivity contribution in [3.8, 4) is 56.0 Å². The van der Waals surface area contributed by atoms with E-state index in [-0.39, 0.29) is 0 Å². The molecule has 2 aliphatic rings. The number of benzene rings is 13.